The number of rotatable bonds is 7. The molecule has 0 aliphatic carbocycles. The van der Waals surface area contributed by atoms with Crippen LogP contribution in [0.5, 0.6) is 5.75 Å². The molecule has 4 aromatic rings. The van der Waals surface area contributed by atoms with E-state index in [-0.39, 0.29) is 0 Å². The van der Waals surface area contributed by atoms with Crippen LogP contribution in [0.25, 0.3) is 22.4 Å². The SMILES string of the molecule is CCc1ccc(-c2nc3c(N4CCN(CCOc5ccc(N)cc5)CC4)cccc3[nH]2)cc1. The smallest absolute Gasteiger partial charge is 0.138 e. The Hall–Kier alpha value is -3.51. The van der Waals surface area contributed by atoms with Crippen LogP contribution in [0.2, 0.25) is 0 Å². The Morgan fingerprint density at radius 3 is 2.42 bits per heavy atom. The first-order chi connectivity index (χ1) is 16.2. The molecule has 0 unspecified atom stereocenters. The van der Waals surface area contributed by atoms with Crippen LogP contribution >= 0.6 is 0 Å². The molecule has 1 aliphatic heterocycles. The Bertz CT molecular complexity index is 1190. The number of imidazole rings is 1. The summed E-state index contributed by atoms with van der Waals surface area (Å²) in [6, 6.07) is 22.7. The lowest BCUT2D eigenvalue weighted by atomic mass is 10.1. The van der Waals surface area contributed by atoms with Crippen LogP contribution in [0.1, 0.15) is 12.5 Å². The molecule has 3 aromatic carbocycles. The Labute approximate surface area is 195 Å². The monoisotopic (exact) mass is 441 g/mol. The summed E-state index contributed by atoms with van der Waals surface area (Å²) in [4.78, 5) is 13.4. The van der Waals surface area contributed by atoms with Gasteiger partial charge in [0.05, 0.1) is 11.2 Å². The molecular formula is C27H31N5O. The summed E-state index contributed by atoms with van der Waals surface area (Å²) in [6.45, 7) is 7.76. The molecule has 170 valence electrons. The number of ether oxygens (including phenoxy) is 1. The van der Waals surface area contributed by atoms with Gasteiger partial charge in [-0.1, -0.05) is 37.3 Å². The Morgan fingerprint density at radius 2 is 1.70 bits per heavy atom. The van der Waals surface area contributed by atoms with Gasteiger partial charge in [0.2, 0.25) is 0 Å². The summed E-state index contributed by atoms with van der Waals surface area (Å²) in [5, 5.41) is 0. The van der Waals surface area contributed by atoms with Crippen LogP contribution in [-0.4, -0.2) is 54.2 Å². The Kier molecular flexibility index (Phi) is 6.17. The maximum atomic E-state index is 5.87. The van der Waals surface area contributed by atoms with Crippen molar-refractivity contribution in [1.29, 1.82) is 0 Å². The molecule has 0 atom stereocenters. The summed E-state index contributed by atoms with van der Waals surface area (Å²) in [5.74, 6) is 1.80. The van der Waals surface area contributed by atoms with E-state index in [2.05, 4.69) is 64.2 Å². The maximum Gasteiger partial charge on any atom is 0.138 e. The standard InChI is InChI=1S/C27H31N5O/c1-2-20-6-8-21(9-7-20)27-29-24-4-3-5-25(26(24)30-27)32-16-14-31(15-17-32)18-19-33-23-12-10-22(28)11-13-23/h3-13H,2,14-19,28H2,1H3,(H,29,30). The van der Waals surface area contributed by atoms with Crippen molar-refractivity contribution in [1.82, 2.24) is 14.9 Å². The van der Waals surface area contributed by atoms with Gasteiger partial charge in [0, 0.05) is 44.0 Å². The first-order valence-corrected chi connectivity index (χ1v) is 11.7. The number of aromatic amines is 1. The highest BCUT2D eigenvalue weighted by molar-refractivity contribution is 5.91. The van der Waals surface area contributed by atoms with E-state index >= 15 is 0 Å². The number of nitrogen functional groups attached to an aromatic ring is 1. The fraction of sp³-hybridized carbons (Fsp3) is 0.296. The number of H-pyrrole nitrogens is 1. The van der Waals surface area contributed by atoms with Gasteiger partial charge in [-0.2, -0.15) is 0 Å². The van der Waals surface area contributed by atoms with Crippen molar-refractivity contribution < 1.29 is 4.74 Å². The number of para-hydroxylation sites is 1. The predicted molar refractivity (Wildman–Crippen MR) is 136 cm³/mol. The summed E-state index contributed by atoms with van der Waals surface area (Å²) >= 11 is 0. The van der Waals surface area contributed by atoms with Crippen LogP contribution in [0.3, 0.4) is 0 Å². The lowest BCUT2D eigenvalue weighted by Gasteiger charge is -2.36. The van der Waals surface area contributed by atoms with Gasteiger partial charge in [0.1, 0.15) is 23.7 Å². The summed E-state index contributed by atoms with van der Waals surface area (Å²) in [5.41, 5.74) is 12.3. The van der Waals surface area contributed by atoms with Gasteiger partial charge in [-0.3, -0.25) is 4.90 Å². The number of nitrogens with zero attached hydrogens (tertiary/aromatic N) is 3. The number of nitrogens with two attached hydrogens (primary N) is 1. The van der Waals surface area contributed by atoms with Gasteiger partial charge >= 0.3 is 0 Å². The van der Waals surface area contributed by atoms with E-state index in [0.29, 0.717) is 6.61 Å². The van der Waals surface area contributed by atoms with Crippen molar-refractivity contribution >= 4 is 22.4 Å². The summed E-state index contributed by atoms with van der Waals surface area (Å²) in [7, 11) is 0. The number of benzene rings is 3. The van der Waals surface area contributed by atoms with Gasteiger partial charge in [0.15, 0.2) is 0 Å². The fourth-order valence-electron chi connectivity index (χ4n) is 4.38. The number of anilines is 2. The largest absolute Gasteiger partial charge is 0.492 e. The molecule has 1 saturated heterocycles. The number of hydrogen-bond donors (Lipinski definition) is 2. The minimum Gasteiger partial charge on any atom is -0.492 e. The van der Waals surface area contributed by atoms with Gasteiger partial charge in [0.25, 0.3) is 0 Å². The molecule has 3 N–H and O–H groups in total. The zero-order valence-electron chi connectivity index (χ0n) is 19.1. The summed E-state index contributed by atoms with van der Waals surface area (Å²) in [6.07, 6.45) is 1.05. The van der Waals surface area contributed by atoms with Crippen LogP contribution in [0, 0.1) is 0 Å². The number of aromatic nitrogens is 2. The predicted octanol–water partition coefficient (Wildman–Crippen LogP) is 4.58. The zero-order chi connectivity index (χ0) is 22.6. The molecular weight excluding hydrogens is 410 g/mol. The second-order valence-electron chi connectivity index (χ2n) is 8.56. The second kappa shape index (κ2) is 9.55. The molecule has 5 rings (SSSR count). The number of aryl methyl sites for hydroxylation is 1. The van der Waals surface area contributed by atoms with E-state index < -0.39 is 0 Å². The molecule has 1 aliphatic rings. The van der Waals surface area contributed by atoms with E-state index in [1.807, 2.05) is 24.3 Å². The number of nitrogens with one attached hydrogen (secondary N) is 1. The quantitative estimate of drug-likeness (QED) is 0.411. The van der Waals surface area contributed by atoms with E-state index in [1.165, 1.54) is 11.3 Å². The van der Waals surface area contributed by atoms with Crippen LogP contribution < -0.4 is 15.4 Å². The van der Waals surface area contributed by atoms with Gasteiger partial charge < -0.3 is 20.4 Å². The summed E-state index contributed by atoms with van der Waals surface area (Å²) < 4.78 is 5.87. The van der Waals surface area contributed by atoms with Crippen molar-refractivity contribution in [3.8, 4) is 17.1 Å². The van der Waals surface area contributed by atoms with E-state index in [9.17, 15) is 0 Å². The third-order valence-electron chi connectivity index (χ3n) is 6.40. The molecule has 0 amide bonds. The molecule has 0 radical (unpaired) electrons. The van der Waals surface area contributed by atoms with E-state index in [0.717, 1.165) is 73.0 Å². The molecule has 0 bridgehead atoms. The molecule has 6 nitrogen and oxygen atoms in total. The minimum absolute atomic E-state index is 0.680. The third kappa shape index (κ3) is 4.81. The van der Waals surface area contributed by atoms with Crippen molar-refractivity contribution in [3.05, 3.63) is 72.3 Å². The molecule has 1 aromatic heterocycles. The zero-order valence-corrected chi connectivity index (χ0v) is 19.1. The van der Waals surface area contributed by atoms with Crippen molar-refractivity contribution in [2.24, 2.45) is 0 Å². The van der Waals surface area contributed by atoms with Gasteiger partial charge in [-0.05, 0) is 48.4 Å². The average molecular weight is 442 g/mol. The molecule has 0 saturated carbocycles. The van der Waals surface area contributed by atoms with Crippen molar-refractivity contribution in [2.75, 3.05) is 50.0 Å². The Morgan fingerprint density at radius 1 is 0.939 bits per heavy atom. The number of hydrogen-bond acceptors (Lipinski definition) is 5. The highest BCUT2D eigenvalue weighted by Gasteiger charge is 2.20. The fourth-order valence-corrected chi connectivity index (χ4v) is 4.38. The lowest BCUT2D eigenvalue weighted by molar-refractivity contribution is 0.200. The molecule has 2 heterocycles. The highest BCUT2D eigenvalue weighted by Crippen LogP contribution is 2.29. The first kappa shape index (κ1) is 21.3. The van der Waals surface area contributed by atoms with E-state index in [1.54, 1.807) is 0 Å². The van der Waals surface area contributed by atoms with Crippen LogP contribution in [-0.2, 0) is 6.42 Å². The normalized spacial score (nSPS) is 14.6. The third-order valence-corrected chi connectivity index (χ3v) is 6.40. The van der Waals surface area contributed by atoms with Crippen molar-refractivity contribution in [3.63, 3.8) is 0 Å². The van der Waals surface area contributed by atoms with Crippen LogP contribution in [0.15, 0.2) is 66.7 Å². The molecule has 0 spiro atoms. The number of piperazine rings is 1. The Balaban J connectivity index is 1.22. The number of fused-ring (bicyclic) bond motifs is 1. The first-order valence-electron chi connectivity index (χ1n) is 11.7. The second-order valence-corrected chi connectivity index (χ2v) is 8.56. The molecule has 1 fully saturated rings. The molecule has 6 heteroatoms. The maximum absolute atomic E-state index is 5.87. The van der Waals surface area contributed by atoms with Gasteiger partial charge in [-0.15, -0.1) is 0 Å². The van der Waals surface area contributed by atoms with Crippen LogP contribution in [0.4, 0.5) is 11.4 Å². The minimum atomic E-state index is 0.680. The lowest BCUT2D eigenvalue weighted by Crippen LogP contribution is -2.47. The highest BCUT2D eigenvalue weighted by atomic mass is 16.5. The average Bonchev–Trinajstić information content (AvgIpc) is 3.30. The topological polar surface area (TPSA) is 70.4 Å². The molecule has 33 heavy (non-hydrogen) atoms. The van der Waals surface area contributed by atoms with E-state index in [4.69, 9.17) is 15.5 Å². The van der Waals surface area contributed by atoms with Crippen molar-refractivity contribution in [2.45, 2.75) is 13.3 Å². The van der Waals surface area contributed by atoms with Gasteiger partial charge in [-0.25, -0.2) is 4.98 Å².